The van der Waals surface area contributed by atoms with Crippen LogP contribution < -0.4 is 10.1 Å². The SMILES string of the molecule is Cl.Cl.Cn1ccnc1C1CNCCN1Cc1ccc(OCc2cccnc2)cc1. The Morgan fingerprint density at radius 3 is 2.62 bits per heavy atom. The molecule has 0 amide bonds. The predicted octanol–water partition coefficient (Wildman–Crippen LogP) is 3.38. The highest BCUT2D eigenvalue weighted by atomic mass is 35.5. The number of nitrogens with zero attached hydrogens (tertiary/aromatic N) is 4. The Morgan fingerprint density at radius 1 is 1.10 bits per heavy atom. The minimum Gasteiger partial charge on any atom is -0.489 e. The van der Waals surface area contributed by atoms with E-state index in [2.05, 4.69) is 43.9 Å². The highest BCUT2D eigenvalue weighted by molar-refractivity contribution is 5.85. The normalized spacial score (nSPS) is 16.5. The lowest BCUT2D eigenvalue weighted by molar-refractivity contribution is 0.144. The number of aromatic nitrogens is 3. The molecule has 1 aliphatic heterocycles. The summed E-state index contributed by atoms with van der Waals surface area (Å²) in [7, 11) is 2.06. The van der Waals surface area contributed by atoms with Crippen molar-refractivity contribution < 1.29 is 4.74 Å². The topological polar surface area (TPSA) is 55.2 Å². The van der Waals surface area contributed by atoms with Crippen molar-refractivity contribution in [3.63, 3.8) is 0 Å². The molecule has 1 saturated heterocycles. The van der Waals surface area contributed by atoms with E-state index < -0.39 is 0 Å². The second-order valence-corrected chi connectivity index (χ2v) is 6.88. The van der Waals surface area contributed by atoms with E-state index >= 15 is 0 Å². The van der Waals surface area contributed by atoms with Gasteiger partial charge >= 0.3 is 0 Å². The number of hydrogen-bond donors (Lipinski definition) is 1. The Bertz CT molecular complexity index is 857. The van der Waals surface area contributed by atoms with E-state index in [9.17, 15) is 0 Å². The van der Waals surface area contributed by atoms with Gasteiger partial charge in [-0.2, -0.15) is 0 Å². The maximum atomic E-state index is 5.86. The van der Waals surface area contributed by atoms with Gasteiger partial charge in [0.25, 0.3) is 0 Å². The number of rotatable bonds is 6. The Labute approximate surface area is 184 Å². The maximum Gasteiger partial charge on any atom is 0.127 e. The van der Waals surface area contributed by atoms with E-state index in [0.29, 0.717) is 12.6 Å². The fourth-order valence-electron chi connectivity index (χ4n) is 3.46. The smallest absolute Gasteiger partial charge is 0.127 e. The van der Waals surface area contributed by atoms with Crippen LogP contribution in [-0.2, 0) is 20.2 Å². The quantitative estimate of drug-likeness (QED) is 0.642. The summed E-state index contributed by atoms with van der Waals surface area (Å²) in [4.78, 5) is 11.2. The van der Waals surface area contributed by atoms with Crippen molar-refractivity contribution in [2.75, 3.05) is 19.6 Å². The highest BCUT2D eigenvalue weighted by Crippen LogP contribution is 2.23. The first-order valence-electron chi connectivity index (χ1n) is 9.32. The molecule has 0 aliphatic carbocycles. The molecule has 29 heavy (non-hydrogen) atoms. The summed E-state index contributed by atoms with van der Waals surface area (Å²) < 4.78 is 7.97. The Morgan fingerprint density at radius 2 is 1.93 bits per heavy atom. The molecule has 3 heterocycles. The summed E-state index contributed by atoms with van der Waals surface area (Å²) in [5, 5.41) is 3.49. The molecule has 3 aromatic rings. The number of aryl methyl sites for hydroxylation is 1. The lowest BCUT2D eigenvalue weighted by atomic mass is 10.1. The van der Waals surface area contributed by atoms with E-state index in [-0.39, 0.29) is 24.8 Å². The number of hydrogen-bond acceptors (Lipinski definition) is 5. The molecule has 4 rings (SSSR count). The molecule has 1 atom stereocenters. The molecular formula is C21H27Cl2N5O. The van der Waals surface area contributed by atoms with Gasteiger partial charge in [-0.25, -0.2) is 4.98 Å². The molecule has 1 aromatic carbocycles. The fourth-order valence-corrected chi connectivity index (χ4v) is 3.46. The minimum atomic E-state index is 0. The standard InChI is InChI=1S/C21H25N5O.2ClH/c1-25-11-10-24-21(25)20-14-23-9-12-26(20)15-17-4-6-19(7-5-17)27-16-18-3-2-8-22-13-18;;/h2-8,10-11,13,20,23H,9,12,14-16H2,1H3;2*1H. The van der Waals surface area contributed by atoms with Crippen LogP contribution in [0.25, 0.3) is 0 Å². The predicted molar refractivity (Wildman–Crippen MR) is 119 cm³/mol. The van der Waals surface area contributed by atoms with E-state index in [4.69, 9.17) is 4.74 Å². The fraction of sp³-hybridized carbons (Fsp3) is 0.333. The van der Waals surface area contributed by atoms with E-state index in [1.807, 2.05) is 42.9 Å². The van der Waals surface area contributed by atoms with Crippen molar-refractivity contribution in [3.8, 4) is 5.75 Å². The van der Waals surface area contributed by atoms with E-state index in [0.717, 1.165) is 43.3 Å². The van der Waals surface area contributed by atoms with Crippen LogP contribution in [0.3, 0.4) is 0 Å². The maximum absolute atomic E-state index is 5.86. The van der Waals surface area contributed by atoms with Crippen molar-refractivity contribution in [1.82, 2.24) is 24.8 Å². The minimum absolute atomic E-state index is 0. The van der Waals surface area contributed by atoms with Crippen LogP contribution in [0.1, 0.15) is 23.0 Å². The van der Waals surface area contributed by atoms with Crippen LogP contribution in [0, 0.1) is 0 Å². The van der Waals surface area contributed by atoms with Crippen LogP contribution >= 0.6 is 24.8 Å². The Balaban J connectivity index is 0.00000150. The summed E-state index contributed by atoms with van der Waals surface area (Å²) in [5.74, 6) is 1.99. The number of nitrogens with one attached hydrogen (secondary N) is 1. The molecule has 8 heteroatoms. The molecular weight excluding hydrogens is 409 g/mol. The average Bonchev–Trinajstić information content (AvgIpc) is 3.14. The third kappa shape index (κ3) is 5.93. The zero-order valence-electron chi connectivity index (χ0n) is 16.4. The van der Waals surface area contributed by atoms with Crippen molar-refractivity contribution in [1.29, 1.82) is 0 Å². The second-order valence-electron chi connectivity index (χ2n) is 6.88. The zero-order valence-corrected chi connectivity index (χ0v) is 18.0. The number of imidazole rings is 1. The van der Waals surface area contributed by atoms with Crippen LogP contribution in [0.5, 0.6) is 5.75 Å². The summed E-state index contributed by atoms with van der Waals surface area (Å²) in [6.45, 7) is 4.38. The Kier molecular flexibility index (Phi) is 8.92. The number of piperazine rings is 1. The number of benzene rings is 1. The van der Waals surface area contributed by atoms with Crippen LogP contribution in [0.4, 0.5) is 0 Å². The lowest BCUT2D eigenvalue weighted by Gasteiger charge is -2.35. The van der Waals surface area contributed by atoms with Crippen molar-refractivity contribution in [3.05, 3.63) is 78.1 Å². The number of ether oxygens (including phenoxy) is 1. The van der Waals surface area contributed by atoms with Gasteiger partial charge in [-0.05, 0) is 23.8 Å². The van der Waals surface area contributed by atoms with Crippen LogP contribution in [0.2, 0.25) is 0 Å². The molecule has 1 aliphatic rings. The highest BCUT2D eigenvalue weighted by Gasteiger charge is 2.26. The van der Waals surface area contributed by atoms with Crippen molar-refractivity contribution in [2.24, 2.45) is 7.05 Å². The third-order valence-corrected chi connectivity index (χ3v) is 4.95. The molecule has 0 bridgehead atoms. The number of pyridine rings is 1. The summed E-state index contributed by atoms with van der Waals surface area (Å²) in [6, 6.07) is 12.6. The molecule has 2 aromatic heterocycles. The van der Waals surface area contributed by atoms with Gasteiger partial charge in [0.05, 0.1) is 6.04 Å². The second kappa shape index (κ2) is 11.2. The molecule has 0 saturated carbocycles. The van der Waals surface area contributed by atoms with Crippen molar-refractivity contribution >= 4 is 24.8 Å². The summed E-state index contributed by atoms with van der Waals surface area (Å²) in [5.41, 5.74) is 2.35. The van der Waals surface area contributed by atoms with Gasteiger partial charge < -0.3 is 14.6 Å². The van der Waals surface area contributed by atoms with Crippen LogP contribution in [-0.4, -0.2) is 39.1 Å². The molecule has 0 radical (unpaired) electrons. The summed E-state index contributed by atoms with van der Waals surface area (Å²) >= 11 is 0. The first-order chi connectivity index (χ1) is 13.3. The lowest BCUT2D eigenvalue weighted by Crippen LogP contribution is -2.46. The Hall–Kier alpha value is -2.12. The number of halogens is 2. The van der Waals surface area contributed by atoms with E-state index in [1.54, 1.807) is 6.20 Å². The van der Waals surface area contributed by atoms with Gasteiger partial charge in [0.15, 0.2) is 0 Å². The zero-order chi connectivity index (χ0) is 18.5. The van der Waals surface area contributed by atoms with Gasteiger partial charge in [0, 0.05) is 63.6 Å². The molecule has 1 unspecified atom stereocenters. The first kappa shape index (κ1) is 23.2. The summed E-state index contributed by atoms with van der Waals surface area (Å²) in [6.07, 6.45) is 7.48. The molecule has 1 N–H and O–H groups in total. The molecule has 0 spiro atoms. The van der Waals surface area contributed by atoms with Gasteiger partial charge in [0.1, 0.15) is 18.2 Å². The molecule has 1 fully saturated rings. The third-order valence-electron chi connectivity index (χ3n) is 4.95. The first-order valence-corrected chi connectivity index (χ1v) is 9.32. The van der Waals surface area contributed by atoms with E-state index in [1.165, 1.54) is 5.56 Å². The molecule has 6 nitrogen and oxygen atoms in total. The van der Waals surface area contributed by atoms with Gasteiger partial charge in [-0.3, -0.25) is 9.88 Å². The average molecular weight is 436 g/mol. The largest absolute Gasteiger partial charge is 0.489 e. The monoisotopic (exact) mass is 435 g/mol. The van der Waals surface area contributed by atoms with Crippen molar-refractivity contribution in [2.45, 2.75) is 19.2 Å². The van der Waals surface area contributed by atoms with Gasteiger partial charge in [-0.1, -0.05) is 18.2 Å². The van der Waals surface area contributed by atoms with Gasteiger partial charge in [-0.15, -0.1) is 24.8 Å². The van der Waals surface area contributed by atoms with Crippen LogP contribution in [0.15, 0.2) is 61.2 Å². The molecule has 156 valence electrons. The van der Waals surface area contributed by atoms with Gasteiger partial charge in [0.2, 0.25) is 0 Å².